The molecule has 2 aromatic rings. The van der Waals surface area contributed by atoms with Crippen molar-refractivity contribution in [2.75, 3.05) is 19.0 Å². The standard InChI is InChI=1S/C28H30N2O5S/c1-6-33-25(31)22-23(26(32)34-7-2)28(17-36-18-29,35-24(22)30-27(3,4)5)21-15-13-20(14-16-21)19-11-9-8-10-12-19/h8-16H,6-7,17H2,1-5H3. The number of carbonyl (C=O) groups excluding carboxylic acids is 2. The Morgan fingerprint density at radius 1 is 0.972 bits per heavy atom. The van der Waals surface area contributed by atoms with Crippen LogP contribution < -0.4 is 0 Å². The van der Waals surface area contributed by atoms with Gasteiger partial charge >= 0.3 is 11.9 Å². The summed E-state index contributed by atoms with van der Waals surface area (Å²) >= 11 is 0.917. The van der Waals surface area contributed by atoms with Crippen molar-refractivity contribution in [3.8, 4) is 16.5 Å². The van der Waals surface area contributed by atoms with Gasteiger partial charge < -0.3 is 14.2 Å². The average molecular weight is 507 g/mol. The number of thioether (sulfide) groups is 1. The summed E-state index contributed by atoms with van der Waals surface area (Å²) in [5.41, 5.74) is 0.401. The highest BCUT2D eigenvalue weighted by Crippen LogP contribution is 2.46. The first-order chi connectivity index (χ1) is 17.2. The molecular weight excluding hydrogens is 476 g/mol. The van der Waals surface area contributed by atoms with Gasteiger partial charge in [-0.15, -0.1) is 0 Å². The van der Waals surface area contributed by atoms with Gasteiger partial charge in [-0.3, -0.25) is 0 Å². The topological polar surface area (TPSA) is 98.0 Å². The van der Waals surface area contributed by atoms with Crippen molar-refractivity contribution in [2.45, 2.75) is 45.8 Å². The molecule has 0 aliphatic carbocycles. The lowest BCUT2D eigenvalue weighted by molar-refractivity contribution is -0.142. The first-order valence-electron chi connectivity index (χ1n) is 11.7. The van der Waals surface area contributed by atoms with Gasteiger partial charge in [-0.2, -0.15) is 5.26 Å². The summed E-state index contributed by atoms with van der Waals surface area (Å²) in [4.78, 5) is 31.2. The molecule has 0 saturated carbocycles. The molecular formula is C28H30N2O5S. The van der Waals surface area contributed by atoms with Crippen LogP contribution in [-0.4, -0.2) is 42.3 Å². The highest BCUT2D eigenvalue weighted by molar-refractivity contribution is 8.03. The summed E-state index contributed by atoms with van der Waals surface area (Å²) in [5, 5.41) is 11.5. The van der Waals surface area contributed by atoms with Gasteiger partial charge in [0.25, 0.3) is 0 Å². The molecule has 188 valence electrons. The van der Waals surface area contributed by atoms with E-state index in [0.29, 0.717) is 5.56 Å². The number of rotatable bonds is 8. The van der Waals surface area contributed by atoms with Crippen LogP contribution in [0.25, 0.3) is 11.1 Å². The number of thiocyanates is 1. The first-order valence-corrected chi connectivity index (χ1v) is 12.7. The van der Waals surface area contributed by atoms with E-state index in [0.717, 1.165) is 22.9 Å². The minimum absolute atomic E-state index is 0.00493. The fraction of sp³-hybridized carbons (Fsp3) is 0.357. The zero-order valence-corrected chi connectivity index (χ0v) is 22.0. The zero-order chi connectivity index (χ0) is 26.3. The summed E-state index contributed by atoms with van der Waals surface area (Å²) in [6.45, 7) is 9.13. The molecule has 1 atom stereocenters. The third kappa shape index (κ3) is 5.80. The monoisotopic (exact) mass is 506 g/mol. The van der Waals surface area contributed by atoms with E-state index in [-0.39, 0.29) is 36.0 Å². The molecule has 0 radical (unpaired) electrons. The Kier molecular flexibility index (Phi) is 8.59. The van der Waals surface area contributed by atoms with Crippen molar-refractivity contribution in [1.82, 2.24) is 0 Å². The van der Waals surface area contributed by atoms with Crippen LogP contribution in [0.15, 0.2) is 70.7 Å². The van der Waals surface area contributed by atoms with Gasteiger partial charge in [0, 0.05) is 5.56 Å². The molecule has 1 heterocycles. The molecule has 0 fully saturated rings. The lowest BCUT2D eigenvalue weighted by Crippen LogP contribution is -2.36. The molecule has 0 saturated heterocycles. The molecule has 0 bridgehead atoms. The molecule has 0 aromatic heterocycles. The highest BCUT2D eigenvalue weighted by atomic mass is 32.2. The average Bonchev–Trinajstić information content (AvgIpc) is 3.17. The van der Waals surface area contributed by atoms with Crippen LogP contribution in [-0.2, 0) is 29.4 Å². The van der Waals surface area contributed by atoms with Crippen LogP contribution >= 0.6 is 11.8 Å². The van der Waals surface area contributed by atoms with E-state index in [1.54, 1.807) is 13.8 Å². The van der Waals surface area contributed by atoms with Gasteiger partial charge in [-0.05, 0) is 57.5 Å². The largest absolute Gasteiger partial charge is 0.462 e. The quantitative estimate of drug-likeness (QED) is 0.349. The van der Waals surface area contributed by atoms with Crippen molar-refractivity contribution >= 4 is 29.6 Å². The first kappa shape index (κ1) is 27.0. The normalized spacial score (nSPS) is 18.5. The molecule has 8 heteroatoms. The summed E-state index contributed by atoms with van der Waals surface area (Å²) in [6, 6.07) is 17.4. The summed E-state index contributed by atoms with van der Waals surface area (Å²) in [5.74, 6) is -1.41. The van der Waals surface area contributed by atoms with Crippen molar-refractivity contribution in [3.63, 3.8) is 0 Å². The molecule has 0 amide bonds. The van der Waals surface area contributed by atoms with E-state index >= 15 is 0 Å². The number of nitriles is 1. The van der Waals surface area contributed by atoms with E-state index in [1.807, 2.05) is 75.4 Å². The second-order valence-electron chi connectivity index (χ2n) is 9.03. The number of esters is 2. The number of carbonyl (C=O) groups is 2. The maximum Gasteiger partial charge on any atom is 0.344 e. The van der Waals surface area contributed by atoms with Gasteiger partial charge in [-0.25, -0.2) is 14.6 Å². The van der Waals surface area contributed by atoms with Crippen LogP contribution in [0.2, 0.25) is 0 Å². The second-order valence-corrected chi connectivity index (χ2v) is 9.79. The minimum atomic E-state index is -1.48. The maximum atomic E-state index is 13.4. The molecule has 3 rings (SSSR count). The molecule has 1 unspecified atom stereocenters. The van der Waals surface area contributed by atoms with Crippen LogP contribution in [0.3, 0.4) is 0 Å². The summed E-state index contributed by atoms with van der Waals surface area (Å²) in [6.07, 6.45) is 0. The molecule has 0 spiro atoms. The molecule has 2 aromatic carbocycles. The van der Waals surface area contributed by atoms with E-state index in [2.05, 4.69) is 10.4 Å². The van der Waals surface area contributed by atoms with Gasteiger partial charge in [-0.1, -0.05) is 54.6 Å². The van der Waals surface area contributed by atoms with Gasteiger partial charge in [0.1, 0.15) is 16.5 Å². The van der Waals surface area contributed by atoms with Crippen molar-refractivity contribution < 1.29 is 23.8 Å². The third-order valence-electron chi connectivity index (χ3n) is 5.33. The van der Waals surface area contributed by atoms with E-state index in [4.69, 9.17) is 14.2 Å². The Morgan fingerprint density at radius 3 is 2.11 bits per heavy atom. The number of hydrogen-bond acceptors (Lipinski definition) is 8. The van der Waals surface area contributed by atoms with Gasteiger partial charge in [0.15, 0.2) is 5.60 Å². The third-order valence-corrected chi connectivity index (χ3v) is 6.01. The van der Waals surface area contributed by atoms with Gasteiger partial charge in [0.05, 0.1) is 24.5 Å². The number of hydrogen-bond donors (Lipinski definition) is 0. The minimum Gasteiger partial charge on any atom is -0.462 e. The fourth-order valence-electron chi connectivity index (χ4n) is 3.91. The number of benzene rings is 2. The lowest BCUT2D eigenvalue weighted by atomic mass is 9.85. The van der Waals surface area contributed by atoms with Crippen molar-refractivity contribution in [3.05, 3.63) is 71.3 Å². The zero-order valence-electron chi connectivity index (χ0n) is 21.2. The fourth-order valence-corrected chi connectivity index (χ4v) is 4.54. The Hall–Kier alpha value is -3.57. The SMILES string of the molecule is CCOC(=O)C1=C(C(=O)OCC)C(CSC#N)(c2ccc(-c3ccccc3)cc2)OC1=NC(C)(C)C. The number of aliphatic imine (C=N–C) groups is 1. The highest BCUT2D eigenvalue weighted by Gasteiger charge is 2.54. The van der Waals surface area contributed by atoms with Crippen molar-refractivity contribution in [2.24, 2.45) is 4.99 Å². The van der Waals surface area contributed by atoms with Crippen LogP contribution in [0.4, 0.5) is 0 Å². The van der Waals surface area contributed by atoms with E-state index in [9.17, 15) is 14.9 Å². The number of ether oxygens (including phenoxy) is 3. The van der Waals surface area contributed by atoms with Crippen LogP contribution in [0.1, 0.15) is 40.2 Å². The molecule has 7 nitrogen and oxygen atoms in total. The molecule has 36 heavy (non-hydrogen) atoms. The van der Waals surface area contributed by atoms with Crippen LogP contribution in [0.5, 0.6) is 0 Å². The molecule has 1 aliphatic rings. The lowest BCUT2D eigenvalue weighted by Gasteiger charge is -2.30. The molecule has 0 N–H and O–H groups in total. The smallest absolute Gasteiger partial charge is 0.344 e. The van der Waals surface area contributed by atoms with E-state index < -0.39 is 23.1 Å². The maximum absolute atomic E-state index is 13.4. The Balaban J connectivity index is 2.29. The number of nitrogens with zero attached hydrogens (tertiary/aromatic N) is 2. The Morgan fingerprint density at radius 2 is 1.56 bits per heavy atom. The Labute approximate surface area is 216 Å². The van der Waals surface area contributed by atoms with Crippen LogP contribution in [0, 0.1) is 10.7 Å². The predicted molar refractivity (Wildman–Crippen MR) is 140 cm³/mol. The van der Waals surface area contributed by atoms with Gasteiger partial charge in [0.2, 0.25) is 5.90 Å². The molecule has 1 aliphatic heterocycles. The predicted octanol–water partition coefficient (Wildman–Crippen LogP) is 5.41. The summed E-state index contributed by atoms with van der Waals surface area (Å²) in [7, 11) is 0. The van der Waals surface area contributed by atoms with E-state index in [1.165, 1.54) is 0 Å². The van der Waals surface area contributed by atoms with Crippen molar-refractivity contribution in [1.29, 1.82) is 5.26 Å². The summed E-state index contributed by atoms with van der Waals surface area (Å²) < 4.78 is 17.1. The Bertz CT molecular complexity index is 1210. The second kappa shape index (κ2) is 11.4.